The van der Waals surface area contributed by atoms with E-state index in [1.165, 1.54) is 24.2 Å². The third-order valence-electron chi connectivity index (χ3n) is 3.72. The minimum absolute atomic E-state index is 0.382. The smallest absolute Gasteiger partial charge is 0.127 e. The number of imidazole rings is 1. The second-order valence-corrected chi connectivity index (χ2v) is 5.70. The molecule has 0 amide bonds. The van der Waals surface area contributed by atoms with Crippen molar-refractivity contribution in [3.05, 3.63) is 47.4 Å². The number of nitrogen functional groups attached to an aromatic ring is 1. The largest absolute Gasteiger partial charge is 0.384 e. The van der Waals surface area contributed by atoms with Gasteiger partial charge in [-0.15, -0.1) is 0 Å². The Kier molecular flexibility index (Phi) is 3.05. The molecule has 2 N–H and O–H groups in total. The highest BCUT2D eigenvalue weighted by atomic mass is 15.2. The Morgan fingerprint density at radius 1 is 1.26 bits per heavy atom. The van der Waals surface area contributed by atoms with Gasteiger partial charge in [0.25, 0.3) is 0 Å². The van der Waals surface area contributed by atoms with Crippen LogP contribution in [-0.2, 0) is 6.42 Å². The molecular weight excluding hydrogens is 234 g/mol. The van der Waals surface area contributed by atoms with Crippen LogP contribution in [-0.4, -0.2) is 9.55 Å². The number of hydrogen-bond donors (Lipinski definition) is 1. The first kappa shape index (κ1) is 12.3. The fraction of sp³-hybridized carbons (Fsp3) is 0.438. The number of benzene rings is 1. The predicted molar refractivity (Wildman–Crippen MR) is 78.2 cm³/mol. The fourth-order valence-electron chi connectivity index (χ4n) is 2.60. The molecule has 0 spiro atoms. The van der Waals surface area contributed by atoms with E-state index in [2.05, 4.69) is 42.7 Å². The van der Waals surface area contributed by atoms with E-state index < -0.39 is 0 Å². The molecule has 3 nitrogen and oxygen atoms in total. The zero-order chi connectivity index (χ0) is 13.4. The molecule has 1 aromatic carbocycles. The Bertz CT molecular complexity index is 565. The van der Waals surface area contributed by atoms with E-state index in [0.29, 0.717) is 12.0 Å². The second kappa shape index (κ2) is 4.72. The van der Waals surface area contributed by atoms with Gasteiger partial charge in [0.05, 0.1) is 5.69 Å². The zero-order valence-electron chi connectivity index (χ0n) is 11.6. The first-order chi connectivity index (χ1) is 9.16. The highest BCUT2D eigenvalue weighted by molar-refractivity contribution is 5.43. The fourth-order valence-corrected chi connectivity index (χ4v) is 2.60. The molecule has 1 aromatic heterocycles. The summed E-state index contributed by atoms with van der Waals surface area (Å²) in [4.78, 5) is 4.83. The highest BCUT2D eigenvalue weighted by Gasteiger charge is 2.31. The molecule has 0 atom stereocenters. The molecule has 0 aliphatic heterocycles. The van der Waals surface area contributed by atoms with Gasteiger partial charge in [-0.2, -0.15) is 0 Å². The number of nitrogens with two attached hydrogens (primary N) is 1. The van der Waals surface area contributed by atoms with Crippen LogP contribution in [0.25, 0.3) is 0 Å². The number of rotatable bonds is 4. The maximum Gasteiger partial charge on any atom is 0.127 e. The lowest BCUT2D eigenvalue weighted by Gasteiger charge is -2.13. The van der Waals surface area contributed by atoms with Crippen LogP contribution in [0.15, 0.2) is 30.3 Å². The van der Waals surface area contributed by atoms with Crippen LogP contribution >= 0.6 is 0 Å². The first-order valence-corrected chi connectivity index (χ1v) is 7.07. The van der Waals surface area contributed by atoms with Crippen LogP contribution in [0.1, 0.15) is 55.7 Å². The number of anilines is 1. The lowest BCUT2D eigenvalue weighted by atomic mass is 10.1. The molecule has 3 rings (SSSR count). The van der Waals surface area contributed by atoms with Crippen LogP contribution in [0.4, 0.5) is 5.82 Å². The molecule has 1 fully saturated rings. The molecule has 2 aromatic rings. The van der Waals surface area contributed by atoms with Crippen molar-refractivity contribution in [2.75, 3.05) is 5.73 Å². The second-order valence-electron chi connectivity index (χ2n) is 5.70. The summed E-state index contributed by atoms with van der Waals surface area (Å²) < 4.78 is 2.22. The van der Waals surface area contributed by atoms with E-state index in [9.17, 15) is 0 Å². The summed E-state index contributed by atoms with van der Waals surface area (Å²) in [6, 6.07) is 10.8. The van der Waals surface area contributed by atoms with Gasteiger partial charge in [0.15, 0.2) is 0 Å². The van der Waals surface area contributed by atoms with Gasteiger partial charge in [-0.05, 0) is 32.3 Å². The molecular formula is C16H21N3. The molecule has 3 heteroatoms. The molecule has 100 valence electrons. The summed E-state index contributed by atoms with van der Waals surface area (Å²) in [6.07, 6.45) is 3.34. The molecule has 0 radical (unpaired) electrons. The summed E-state index contributed by atoms with van der Waals surface area (Å²) in [5.74, 6) is 2.67. The van der Waals surface area contributed by atoms with Crippen LogP contribution < -0.4 is 5.73 Å². The summed E-state index contributed by atoms with van der Waals surface area (Å²) in [6.45, 7) is 4.35. The van der Waals surface area contributed by atoms with Crippen LogP contribution in [0.3, 0.4) is 0 Å². The van der Waals surface area contributed by atoms with Crippen LogP contribution in [0.2, 0.25) is 0 Å². The van der Waals surface area contributed by atoms with Crippen molar-refractivity contribution in [1.82, 2.24) is 9.55 Å². The van der Waals surface area contributed by atoms with Crippen molar-refractivity contribution >= 4 is 5.82 Å². The van der Waals surface area contributed by atoms with Gasteiger partial charge in [0.1, 0.15) is 11.6 Å². The Balaban J connectivity index is 1.95. The quantitative estimate of drug-likeness (QED) is 0.908. The van der Waals surface area contributed by atoms with Crippen LogP contribution in [0.5, 0.6) is 0 Å². The summed E-state index contributed by atoms with van der Waals surface area (Å²) in [5.41, 5.74) is 8.62. The van der Waals surface area contributed by atoms with E-state index in [1.807, 2.05) is 6.07 Å². The average Bonchev–Trinajstić information content (AvgIpc) is 3.17. The van der Waals surface area contributed by atoms with Crippen LogP contribution in [0, 0.1) is 0 Å². The standard InChI is InChI=1S/C16H21N3/c1-11(2)19-15(17)14(18-16(19)13-8-9-13)10-12-6-4-3-5-7-12/h3-7,11,13H,8-10,17H2,1-2H3. The minimum Gasteiger partial charge on any atom is -0.384 e. The van der Waals surface area contributed by atoms with Gasteiger partial charge in [0.2, 0.25) is 0 Å². The molecule has 0 saturated heterocycles. The minimum atomic E-state index is 0.382. The van der Waals surface area contributed by atoms with Gasteiger partial charge in [0, 0.05) is 18.4 Å². The van der Waals surface area contributed by atoms with Gasteiger partial charge >= 0.3 is 0 Å². The van der Waals surface area contributed by atoms with E-state index in [4.69, 9.17) is 10.7 Å². The van der Waals surface area contributed by atoms with Crippen molar-refractivity contribution in [1.29, 1.82) is 0 Å². The van der Waals surface area contributed by atoms with Gasteiger partial charge in [-0.1, -0.05) is 30.3 Å². The molecule has 1 aliphatic carbocycles. The lowest BCUT2D eigenvalue weighted by molar-refractivity contribution is 0.576. The van der Waals surface area contributed by atoms with E-state index >= 15 is 0 Å². The van der Waals surface area contributed by atoms with E-state index in [-0.39, 0.29) is 0 Å². The normalized spacial score (nSPS) is 15.1. The zero-order valence-corrected chi connectivity index (χ0v) is 11.6. The van der Waals surface area contributed by atoms with Crippen molar-refractivity contribution in [3.63, 3.8) is 0 Å². The predicted octanol–water partition coefficient (Wildman–Crippen LogP) is 3.51. The lowest BCUT2D eigenvalue weighted by Crippen LogP contribution is -2.09. The van der Waals surface area contributed by atoms with Gasteiger partial charge in [-0.25, -0.2) is 4.98 Å². The Labute approximate surface area is 114 Å². The third kappa shape index (κ3) is 2.37. The van der Waals surface area contributed by atoms with Crippen molar-refractivity contribution < 1.29 is 0 Å². The van der Waals surface area contributed by atoms with Crippen molar-refractivity contribution in [3.8, 4) is 0 Å². The SMILES string of the molecule is CC(C)n1c(C2CC2)nc(Cc2ccccc2)c1N. The number of nitrogens with zero attached hydrogens (tertiary/aromatic N) is 2. The van der Waals surface area contributed by atoms with E-state index in [0.717, 1.165) is 17.9 Å². The summed E-state index contributed by atoms with van der Waals surface area (Å²) in [7, 11) is 0. The third-order valence-corrected chi connectivity index (χ3v) is 3.72. The average molecular weight is 255 g/mol. The first-order valence-electron chi connectivity index (χ1n) is 7.07. The Morgan fingerprint density at radius 2 is 1.95 bits per heavy atom. The molecule has 0 bridgehead atoms. The Morgan fingerprint density at radius 3 is 2.53 bits per heavy atom. The van der Waals surface area contributed by atoms with Crippen molar-refractivity contribution in [2.24, 2.45) is 0 Å². The monoisotopic (exact) mass is 255 g/mol. The van der Waals surface area contributed by atoms with Gasteiger partial charge < -0.3 is 10.3 Å². The number of aromatic nitrogens is 2. The molecule has 1 aliphatic rings. The molecule has 0 unspecified atom stereocenters. The Hall–Kier alpha value is -1.77. The molecule has 1 heterocycles. The molecule has 19 heavy (non-hydrogen) atoms. The summed E-state index contributed by atoms with van der Waals surface area (Å²) in [5, 5.41) is 0. The van der Waals surface area contributed by atoms with Crippen molar-refractivity contribution in [2.45, 2.75) is 45.1 Å². The number of hydrogen-bond acceptors (Lipinski definition) is 2. The topological polar surface area (TPSA) is 43.8 Å². The summed E-state index contributed by atoms with van der Waals surface area (Å²) >= 11 is 0. The molecule has 1 saturated carbocycles. The van der Waals surface area contributed by atoms with E-state index in [1.54, 1.807) is 0 Å². The maximum atomic E-state index is 6.32. The maximum absolute atomic E-state index is 6.32. The van der Waals surface area contributed by atoms with Gasteiger partial charge in [-0.3, -0.25) is 0 Å². The highest BCUT2D eigenvalue weighted by Crippen LogP contribution is 2.42.